The monoisotopic (exact) mass is 261 g/mol. The second-order valence-electron chi connectivity index (χ2n) is 6.11. The van der Waals surface area contributed by atoms with Crippen LogP contribution in [0.5, 0.6) is 5.75 Å². The Morgan fingerprint density at radius 3 is 2.74 bits per heavy atom. The summed E-state index contributed by atoms with van der Waals surface area (Å²) in [6, 6.07) is 8.21. The quantitative estimate of drug-likeness (QED) is 0.834. The first kappa shape index (κ1) is 13.9. The molecule has 104 valence electrons. The van der Waals surface area contributed by atoms with Crippen molar-refractivity contribution in [3.05, 3.63) is 29.8 Å². The SMILES string of the molecule is CC(C)(C)c1cccc(OCCN2CCCC2=O)c1. The van der Waals surface area contributed by atoms with Crippen LogP contribution in [0.25, 0.3) is 0 Å². The summed E-state index contributed by atoms with van der Waals surface area (Å²) in [5.74, 6) is 1.14. The average molecular weight is 261 g/mol. The summed E-state index contributed by atoms with van der Waals surface area (Å²) in [5, 5.41) is 0. The Morgan fingerprint density at radius 1 is 1.32 bits per heavy atom. The molecule has 0 atom stereocenters. The van der Waals surface area contributed by atoms with Crippen LogP contribution in [0.2, 0.25) is 0 Å². The highest BCUT2D eigenvalue weighted by molar-refractivity contribution is 5.78. The van der Waals surface area contributed by atoms with Crippen LogP contribution >= 0.6 is 0 Å². The molecular formula is C16H23NO2. The molecular weight excluding hydrogens is 238 g/mol. The lowest BCUT2D eigenvalue weighted by Gasteiger charge is -2.20. The maximum absolute atomic E-state index is 11.5. The Balaban J connectivity index is 1.87. The van der Waals surface area contributed by atoms with Crippen molar-refractivity contribution in [2.75, 3.05) is 19.7 Å². The second-order valence-corrected chi connectivity index (χ2v) is 6.11. The molecule has 19 heavy (non-hydrogen) atoms. The van der Waals surface area contributed by atoms with Gasteiger partial charge in [0.05, 0.1) is 6.54 Å². The molecule has 3 nitrogen and oxygen atoms in total. The zero-order chi connectivity index (χ0) is 13.9. The number of hydrogen-bond acceptors (Lipinski definition) is 2. The fraction of sp³-hybridized carbons (Fsp3) is 0.562. The van der Waals surface area contributed by atoms with Gasteiger partial charge in [-0.25, -0.2) is 0 Å². The predicted octanol–water partition coefficient (Wildman–Crippen LogP) is 2.99. The van der Waals surface area contributed by atoms with E-state index in [1.54, 1.807) is 0 Å². The van der Waals surface area contributed by atoms with Crippen LogP contribution in [-0.2, 0) is 10.2 Å². The lowest BCUT2D eigenvalue weighted by atomic mass is 9.87. The molecule has 0 spiro atoms. The fourth-order valence-corrected chi connectivity index (χ4v) is 2.27. The van der Waals surface area contributed by atoms with Crippen LogP contribution in [0.1, 0.15) is 39.2 Å². The van der Waals surface area contributed by atoms with E-state index >= 15 is 0 Å². The van der Waals surface area contributed by atoms with Gasteiger partial charge in [-0.3, -0.25) is 4.79 Å². The number of amides is 1. The van der Waals surface area contributed by atoms with Crippen molar-refractivity contribution >= 4 is 5.91 Å². The summed E-state index contributed by atoms with van der Waals surface area (Å²) in [6.45, 7) is 8.71. The van der Waals surface area contributed by atoms with Gasteiger partial charge in [-0.1, -0.05) is 32.9 Å². The molecule has 1 saturated heterocycles. The maximum Gasteiger partial charge on any atom is 0.222 e. The third kappa shape index (κ3) is 3.72. The van der Waals surface area contributed by atoms with Crippen molar-refractivity contribution in [1.82, 2.24) is 4.90 Å². The van der Waals surface area contributed by atoms with Gasteiger partial charge in [0.15, 0.2) is 0 Å². The van der Waals surface area contributed by atoms with E-state index in [4.69, 9.17) is 4.74 Å². The molecule has 1 aliphatic rings. The number of carbonyl (C=O) groups excluding carboxylic acids is 1. The molecule has 1 aliphatic heterocycles. The zero-order valence-electron chi connectivity index (χ0n) is 12.1. The third-order valence-corrected chi connectivity index (χ3v) is 3.50. The highest BCUT2D eigenvalue weighted by Gasteiger charge is 2.19. The summed E-state index contributed by atoms with van der Waals surface area (Å²) in [7, 11) is 0. The van der Waals surface area contributed by atoms with E-state index in [9.17, 15) is 4.79 Å². The first-order valence-electron chi connectivity index (χ1n) is 6.98. The van der Waals surface area contributed by atoms with Crippen LogP contribution < -0.4 is 4.74 Å². The highest BCUT2D eigenvalue weighted by atomic mass is 16.5. The summed E-state index contributed by atoms with van der Waals surface area (Å²) < 4.78 is 5.76. The maximum atomic E-state index is 11.5. The molecule has 1 heterocycles. The smallest absolute Gasteiger partial charge is 0.222 e. The fourth-order valence-electron chi connectivity index (χ4n) is 2.27. The van der Waals surface area contributed by atoms with Gasteiger partial charge < -0.3 is 9.64 Å². The number of carbonyl (C=O) groups is 1. The Labute approximate surface area is 115 Å². The molecule has 0 bridgehead atoms. The first-order chi connectivity index (χ1) is 8.97. The van der Waals surface area contributed by atoms with Gasteiger partial charge in [-0.15, -0.1) is 0 Å². The molecule has 0 saturated carbocycles. The van der Waals surface area contributed by atoms with Crippen molar-refractivity contribution in [3.63, 3.8) is 0 Å². The topological polar surface area (TPSA) is 29.5 Å². The lowest BCUT2D eigenvalue weighted by Crippen LogP contribution is -2.29. The normalized spacial score (nSPS) is 15.9. The molecule has 0 radical (unpaired) electrons. The van der Waals surface area contributed by atoms with Crippen LogP contribution in [0.15, 0.2) is 24.3 Å². The summed E-state index contributed by atoms with van der Waals surface area (Å²) in [6.07, 6.45) is 1.68. The summed E-state index contributed by atoms with van der Waals surface area (Å²) in [4.78, 5) is 13.4. The van der Waals surface area contributed by atoms with Crippen LogP contribution in [0.3, 0.4) is 0 Å². The molecule has 0 aliphatic carbocycles. The van der Waals surface area contributed by atoms with Gasteiger partial charge in [0.25, 0.3) is 0 Å². The van der Waals surface area contributed by atoms with E-state index < -0.39 is 0 Å². The number of rotatable bonds is 4. The number of hydrogen-bond donors (Lipinski definition) is 0. The van der Waals surface area contributed by atoms with E-state index in [-0.39, 0.29) is 11.3 Å². The van der Waals surface area contributed by atoms with E-state index in [1.165, 1.54) is 5.56 Å². The molecule has 1 aromatic rings. The molecule has 0 aromatic heterocycles. The number of likely N-dealkylation sites (tertiary alicyclic amines) is 1. The Morgan fingerprint density at radius 2 is 2.11 bits per heavy atom. The second kappa shape index (κ2) is 5.64. The van der Waals surface area contributed by atoms with Gasteiger partial charge in [0.1, 0.15) is 12.4 Å². The van der Waals surface area contributed by atoms with E-state index in [0.717, 1.165) is 18.7 Å². The minimum absolute atomic E-state index is 0.129. The van der Waals surface area contributed by atoms with Crippen LogP contribution in [0.4, 0.5) is 0 Å². The molecule has 2 rings (SSSR count). The third-order valence-electron chi connectivity index (χ3n) is 3.50. The predicted molar refractivity (Wildman–Crippen MR) is 76.5 cm³/mol. The molecule has 1 fully saturated rings. The first-order valence-corrected chi connectivity index (χ1v) is 6.98. The molecule has 0 N–H and O–H groups in total. The van der Waals surface area contributed by atoms with Gasteiger partial charge >= 0.3 is 0 Å². The van der Waals surface area contributed by atoms with Gasteiger partial charge in [0, 0.05) is 13.0 Å². The number of benzene rings is 1. The van der Waals surface area contributed by atoms with Crippen molar-refractivity contribution in [2.45, 2.75) is 39.0 Å². The van der Waals surface area contributed by atoms with E-state index in [0.29, 0.717) is 19.6 Å². The van der Waals surface area contributed by atoms with Crippen molar-refractivity contribution in [2.24, 2.45) is 0 Å². The standard InChI is InChI=1S/C16H23NO2/c1-16(2,3)13-6-4-7-14(12-13)19-11-10-17-9-5-8-15(17)18/h4,6-7,12H,5,8-11H2,1-3H3. The molecule has 3 heteroatoms. The zero-order valence-corrected chi connectivity index (χ0v) is 12.1. The minimum Gasteiger partial charge on any atom is -0.492 e. The van der Waals surface area contributed by atoms with E-state index in [2.05, 4.69) is 32.9 Å². The van der Waals surface area contributed by atoms with Gasteiger partial charge in [0.2, 0.25) is 5.91 Å². The van der Waals surface area contributed by atoms with Crippen molar-refractivity contribution in [3.8, 4) is 5.75 Å². The van der Waals surface area contributed by atoms with Crippen molar-refractivity contribution < 1.29 is 9.53 Å². The van der Waals surface area contributed by atoms with Crippen LogP contribution in [-0.4, -0.2) is 30.5 Å². The Hall–Kier alpha value is -1.51. The largest absolute Gasteiger partial charge is 0.492 e. The molecule has 1 amide bonds. The van der Waals surface area contributed by atoms with Crippen LogP contribution in [0, 0.1) is 0 Å². The van der Waals surface area contributed by atoms with Gasteiger partial charge in [-0.2, -0.15) is 0 Å². The lowest BCUT2D eigenvalue weighted by molar-refractivity contribution is -0.128. The Kier molecular flexibility index (Phi) is 4.13. The van der Waals surface area contributed by atoms with Gasteiger partial charge in [-0.05, 0) is 29.5 Å². The molecule has 1 aromatic carbocycles. The molecule has 0 unspecified atom stereocenters. The highest BCUT2D eigenvalue weighted by Crippen LogP contribution is 2.25. The van der Waals surface area contributed by atoms with E-state index in [1.807, 2.05) is 17.0 Å². The number of ether oxygens (including phenoxy) is 1. The minimum atomic E-state index is 0.129. The number of nitrogens with zero attached hydrogens (tertiary/aromatic N) is 1. The summed E-state index contributed by atoms with van der Waals surface area (Å²) in [5.41, 5.74) is 1.40. The Bertz CT molecular complexity index is 448. The van der Waals surface area contributed by atoms with Crippen molar-refractivity contribution in [1.29, 1.82) is 0 Å². The average Bonchev–Trinajstić information content (AvgIpc) is 2.75. The summed E-state index contributed by atoms with van der Waals surface area (Å²) >= 11 is 0.